The zero-order chi connectivity index (χ0) is 18.0. The largest absolute Gasteiger partial charge is 0.377 e. The van der Waals surface area contributed by atoms with Gasteiger partial charge in [0, 0.05) is 45.6 Å². The number of nitrogens with zero attached hydrogens (tertiary/aromatic N) is 1. The van der Waals surface area contributed by atoms with E-state index in [2.05, 4.69) is 41.7 Å². The molecular formula is C18H37IN4O2. The van der Waals surface area contributed by atoms with Gasteiger partial charge in [0.15, 0.2) is 5.96 Å². The van der Waals surface area contributed by atoms with Gasteiger partial charge < -0.3 is 20.7 Å². The van der Waals surface area contributed by atoms with Crippen LogP contribution in [0.25, 0.3) is 0 Å². The third-order valence-corrected chi connectivity index (χ3v) is 4.27. The Labute approximate surface area is 170 Å². The van der Waals surface area contributed by atoms with Crippen LogP contribution in [0.4, 0.5) is 0 Å². The fraction of sp³-hybridized carbons (Fsp3) is 0.889. The molecule has 6 nitrogen and oxygen atoms in total. The molecule has 0 bridgehead atoms. The van der Waals surface area contributed by atoms with Crippen molar-refractivity contribution in [1.29, 1.82) is 0 Å². The van der Waals surface area contributed by atoms with Crippen LogP contribution in [0, 0.1) is 11.3 Å². The number of nitrogens with one attached hydrogen (secondary N) is 3. The van der Waals surface area contributed by atoms with E-state index in [1.165, 1.54) is 6.42 Å². The van der Waals surface area contributed by atoms with Gasteiger partial charge in [0.25, 0.3) is 0 Å². The normalized spacial score (nSPS) is 21.2. The molecule has 1 heterocycles. The number of ether oxygens (including phenoxy) is 1. The van der Waals surface area contributed by atoms with Crippen LogP contribution in [-0.4, -0.2) is 51.3 Å². The molecule has 1 rings (SSSR count). The molecule has 1 amide bonds. The molecule has 0 aromatic carbocycles. The topological polar surface area (TPSA) is 74.8 Å². The van der Waals surface area contributed by atoms with E-state index < -0.39 is 0 Å². The van der Waals surface area contributed by atoms with Crippen molar-refractivity contribution in [3.05, 3.63) is 0 Å². The summed E-state index contributed by atoms with van der Waals surface area (Å²) < 4.78 is 6.02. The second-order valence-corrected chi connectivity index (χ2v) is 7.54. The third-order valence-electron chi connectivity index (χ3n) is 4.27. The predicted octanol–water partition coefficient (Wildman–Crippen LogP) is 2.53. The monoisotopic (exact) mass is 468 g/mol. The summed E-state index contributed by atoms with van der Waals surface area (Å²) in [6.07, 6.45) is 3.96. The van der Waals surface area contributed by atoms with Gasteiger partial charge in [-0.3, -0.25) is 9.79 Å². The number of halogens is 1. The number of carbonyl (C=O) groups is 1. The molecule has 7 heteroatoms. The summed E-state index contributed by atoms with van der Waals surface area (Å²) in [6.45, 7) is 11.8. The highest BCUT2D eigenvalue weighted by Crippen LogP contribution is 2.33. The molecular weight excluding hydrogens is 431 g/mol. The molecule has 25 heavy (non-hydrogen) atoms. The maximum Gasteiger partial charge on any atom is 0.221 e. The standard InChI is InChI=1S/C18H36N4O2.HI/c1-6-10-20-15(23)9-11-21-17(19-5)22-13-14-8-7-12-24-16(14)18(2,3)4;/h14,16H,6-13H2,1-5H3,(H,20,23)(H2,19,21,22);1H. The molecule has 0 aromatic heterocycles. The van der Waals surface area contributed by atoms with Crippen molar-refractivity contribution in [3.63, 3.8) is 0 Å². The number of hydrogen-bond donors (Lipinski definition) is 3. The minimum atomic E-state index is 0. The fourth-order valence-electron chi connectivity index (χ4n) is 3.11. The highest BCUT2D eigenvalue weighted by atomic mass is 127. The maximum absolute atomic E-state index is 11.6. The van der Waals surface area contributed by atoms with Crippen LogP contribution < -0.4 is 16.0 Å². The highest BCUT2D eigenvalue weighted by molar-refractivity contribution is 14.0. The summed E-state index contributed by atoms with van der Waals surface area (Å²) >= 11 is 0. The summed E-state index contributed by atoms with van der Waals surface area (Å²) in [5.41, 5.74) is 0.140. The van der Waals surface area contributed by atoms with Crippen LogP contribution in [0.3, 0.4) is 0 Å². The average molecular weight is 468 g/mol. The first-order chi connectivity index (χ1) is 11.4. The molecule has 0 saturated carbocycles. The van der Waals surface area contributed by atoms with Gasteiger partial charge in [-0.2, -0.15) is 0 Å². The smallest absolute Gasteiger partial charge is 0.221 e. The summed E-state index contributed by atoms with van der Waals surface area (Å²) in [5.74, 6) is 1.30. The van der Waals surface area contributed by atoms with Gasteiger partial charge in [0.1, 0.15) is 0 Å². The van der Waals surface area contributed by atoms with E-state index >= 15 is 0 Å². The Kier molecular flexibility index (Phi) is 12.4. The molecule has 1 aliphatic rings. The first-order valence-electron chi connectivity index (χ1n) is 9.21. The average Bonchev–Trinajstić information content (AvgIpc) is 2.55. The van der Waals surface area contributed by atoms with E-state index in [0.717, 1.165) is 38.5 Å². The molecule has 1 fully saturated rings. The number of rotatable bonds is 7. The van der Waals surface area contributed by atoms with Crippen molar-refractivity contribution in [2.45, 2.75) is 59.5 Å². The van der Waals surface area contributed by atoms with E-state index in [4.69, 9.17) is 4.74 Å². The summed E-state index contributed by atoms with van der Waals surface area (Å²) in [5, 5.41) is 9.47. The summed E-state index contributed by atoms with van der Waals surface area (Å²) in [4.78, 5) is 15.8. The first kappa shape index (κ1) is 24.4. The van der Waals surface area contributed by atoms with Gasteiger partial charge in [0.2, 0.25) is 5.91 Å². The lowest BCUT2D eigenvalue weighted by molar-refractivity contribution is -0.120. The SMILES string of the molecule is CCCNC(=O)CCNC(=NC)NCC1CCCOC1C(C)(C)C.I. The first-order valence-corrected chi connectivity index (χ1v) is 9.21. The lowest BCUT2D eigenvalue weighted by Crippen LogP contribution is -2.47. The number of guanidine groups is 1. The molecule has 3 N–H and O–H groups in total. The van der Waals surface area contributed by atoms with Crippen molar-refractivity contribution < 1.29 is 9.53 Å². The molecule has 0 aliphatic carbocycles. The van der Waals surface area contributed by atoms with E-state index in [9.17, 15) is 4.79 Å². The lowest BCUT2D eigenvalue weighted by Gasteiger charge is -2.40. The Bertz CT molecular complexity index is 410. The van der Waals surface area contributed by atoms with Gasteiger partial charge in [-0.05, 0) is 24.7 Å². The van der Waals surface area contributed by atoms with Gasteiger partial charge in [-0.25, -0.2) is 0 Å². The second kappa shape index (κ2) is 12.7. The van der Waals surface area contributed by atoms with Crippen LogP contribution in [0.5, 0.6) is 0 Å². The quantitative estimate of drug-likeness (QED) is 0.305. The highest BCUT2D eigenvalue weighted by Gasteiger charge is 2.35. The lowest BCUT2D eigenvalue weighted by atomic mass is 9.78. The molecule has 0 aromatic rings. The molecule has 1 aliphatic heterocycles. The molecule has 148 valence electrons. The Morgan fingerprint density at radius 3 is 2.52 bits per heavy atom. The van der Waals surface area contributed by atoms with E-state index in [-0.39, 0.29) is 41.4 Å². The predicted molar refractivity (Wildman–Crippen MR) is 115 cm³/mol. The van der Waals surface area contributed by atoms with Crippen molar-refractivity contribution in [3.8, 4) is 0 Å². The Morgan fingerprint density at radius 1 is 1.20 bits per heavy atom. The number of hydrogen-bond acceptors (Lipinski definition) is 3. The van der Waals surface area contributed by atoms with E-state index in [1.54, 1.807) is 7.05 Å². The fourth-order valence-corrected chi connectivity index (χ4v) is 3.11. The number of carbonyl (C=O) groups excluding carboxylic acids is 1. The third kappa shape index (κ3) is 9.63. The van der Waals surface area contributed by atoms with Crippen molar-refractivity contribution >= 4 is 35.8 Å². The Hall–Kier alpha value is -0.570. The van der Waals surface area contributed by atoms with Crippen LogP contribution in [-0.2, 0) is 9.53 Å². The minimum Gasteiger partial charge on any atom is -0.377 e. The van der Waals surface area contributed by atoms with Crippen molar-refractivity contribution in [2.75, 3.05) is 33.3 Å². The van der Waals surface area contributed by atoms with Crippen LogP contribution in [0.15, 0.2) is 4.99 Å². The zero-order valence-corrected chi connectivity index (χ0v) is 18.8. The summed E-state index contributed by atoms with van der Waals surface area (Å²) in [7, 11) is 1.76. The number of amides is 1. The molecule has 0 spiro atoms. The van der Waals surface area contributed by atoms with E-state index in [1.807, 2.05) is 6.92 Å². The maximum atomic E-state index is 11.6. The van der Waals surface area contributed by atoms with Crippen LogP contribution in [0.2, 0.25) is 0 Å². The molecule has 1 saturated heterocycles. The van der Waals surface area contributed by atoms with E-state index in [0.29, 0.717) is 18.9 Å². The minimum absolute atomic E-state index is 0. The molecule has 2 unspecified atom stereocenters. The zero-order valence-electron chi connectivity index (χ0n) is 16.5. The molecule has 0 radical (unpaired) electrons. The Balaban J connectivity index is 0.00000576. The van der Waals surface area contributed by atoms with Crippen LogP contribution in [0.1, 0.15) is 53.4 Å². The van der Waals surface area contributed by atoms with Gasteiger partial charge in [0.05, 0.1) is 6.10 Å². The second-order valence-electron chi connectivity index (χ2n) is 7.54. The molecule has 2 atom stereocenters. The van der Waals surface area contributed by atoms with Crippen molar-refractivity contribution in [1.82, 2.24) is 16.0 Å². The summed E-state index contributed by atoms with van der Waals surface area (Å²) in [6, 6.07) is 0. The van der Waals surface area contributed by atoms with Gasteiger partial charge in [-0.15, -0.1) is 24.0 Å². The van der Waals surface area contributed by atoms with Crippen LogP contribution >= 0.6 is 24.0 Å². The van der Waals surface area contributed by atoms with Gasteiger partial charge in [-0.1, -0.05) is 27.7 Å². The van der Waals surface area contributed by atoms with Crippen molar-refractivity contribution in [2.24, 2.45) is 16.3 Å². The Morgan fingerprint density at radius 2 is 1.92 bits per heavy atom. The van der Waals surface area contributed by atoms with Gasteiger partial charge >= 0.3 is 0 Å². The number of aliphatic imine (C=N–C) groups is 1.